The molecule has 29 heavy (non-hydrogen) atoms. The fraction of sp³-hybridized carbons (Fsp3) is 0.476. The molecule has 2 aromatic rings. The number of benzene rings is 1. The highest BCUT2D eigenvalue weighted by Gasteiger charge is 2.29. The average molecular weight is 433 g/mol. The van der Waals surface area contributed by atoms with Crippen molar-refractivity contribution in [3.8, 4) is 0 Å². The Kier molecular flexibility index (Phi) is 6.06. The molecule has 1 aliphatic heterocycles. The normalized spacial score (nSPS) is 19.0. The molecule has 1 N–H and O–H groups in total. The van der Waals surface area contributed by atoms with Crippen LogP contribution >= 0.6 is 22.9 Å². The number of anilines is 2. The quantitative estimate of drug-likeness (QED) is 0.801. The van der Waals surface area contributed by atoms with Crippen LogP contribution in [-0.4, -0.2) is 47.9 Å². The molecule has 1 aromatic carbocycles. The molecule has 2 heterocycles. The van der Waals surface area contributed by atoms with Gasteiger partial charge in [-0.3, -0.25) is 9.59 Å². The van der Waals surface area contributed by atoms with Crippen molar-refractivity contribution in [2.45, 2.75) is 32.6 Å². The predicted octanol–water partition coefficient (Wildman–Crippen LogP) is 3.60. The van der Waals surface area contributed by atoms with Crippen molar-refractivity contribution in [3.63, 3.8) is 0 Å². The van der Waals surface area contributed by atoms with E-state index < -0.39 is 0 Å². The minimum absolute atomic E-state index is 0.0366. The monoisotopic (exact) mass is 432 g/mol. The van der Waals surface area contributed by atoms with Crippen LogP contribution in [0.5, 0.6) is 0 Å². The Morgan fingerprint density at radius 1 is 1.21 bits per heavy atom. The third-order valence-corrected chi connectivity index (χ3v) is 7.05. The summed E-state index contributed by atoms with van der Waals surface area (Å²) in [5.41, 5.74) is 1.90. The van der Waals surface area contributed by atoms with Crippen LogP contribution in [0.3, 0.4) is 0 Å². The third kappa shape index (κ3) is 4.56. The summed E-state index contributed by atoms with van der Waals surface area (Å²) in [4.78, 5) is 34.8. The molecule has 154 valence electrons. The molecule has 0 radical (unpaired) electrons. The standard InChI is InChI=1S/C21H25ClN4O2S/c1-2-19(27)25-9-11-26(12-10-25)21-24-17-8-3-14(13-18(17)29-21)20(28)23-16-6-4-15(22)5-7-16/h4-7,14H,2-3,8-13H2,1H3,(H,23,28)/t14-/m0/s1. The Bertz CT molecular complexity index is 891. The molecule has 2 amide bonds. The van der Waals surface area contributed by atoms with Crippen molar-refractivity contribution in [3.05, 3.63) is 39.9 Å². The van der Waals surface area contributed by atoms with Crippen molar-refractivity contribution in [1.29, 1.82) is 0 Å². The van der Waals surface area contributed by atoms with Gasteiger partial charge < -0.3 is 15.1 Å². The van der Waals surface area contributed by atoms with E-state index in [2.05, 4.69) is 10.2 Å². The van der Waals surface area contributed by atoms with Crippen LogP contribution in [0.25, 0.3) is 0 Å². The first-order valence-corrected chi connectivity index (χ1v) is 11.3. The van der Waals surface area contributed by atoms with E-state index in [1.54, 1.807) is 23.5 Å². The van der Waals surface area contributed by atoms with Gasteiger partial charge in [-0.1, -0.05) is 18.5 Å². The largest absolute Gasteiger partial charge is 0.345 e. The summed E-state index contributed by atoms with van der Waals surface area (Å²) in [6.45, 7) is 5.05. The second-order valence-electron chi connectivity index (χ2n) is 7.52. The number of hydrogen-bond donors (Lipinski definition) is 1. The molecule has 1 aliphatic carbocycles. The van der Waals surface area contributed by atoms with Gasteiger partial charge in [0.15, 0.2) is 5.13 Å². The number of nitrogens with one attached hydrogen (secondary N) is 1. The van der Waals surface area contributed by atoms with Crippen LogP contribution in [0.1, 0.15) is 30.3 Å². The number of aromatic nitrogens is 1. The molecular formula is C21H25ClN4O2S. The van der Waals surface area contributed by atoms with Crippen LogP contribution in [0.4, 0.5) is 10.8 Å². The number of fused-ring (bicyclic) bond motifs is 1. The highest BCUT2D eigenvalue weighted by Crippen LogP contribution is 2.35. The van der Waals surface area contributed by atoms with Gasteiger partial charge >= 0.3 is 0 Å². The van der Waals surface area contributed by atoms with Crippen molar-refractivity contribution < 1.29 is 9.59 Å². The van der Waals surface area contributed by atoms with Crippen LogP contribution in [0.15, 0.2) is 24.3 Å². The number of piperazine rings is 1. The molecule has 0 spiro atoms. The molecule has 1 aromatic heterocycles. The van der Waals surface area contributed by atoms with E-state index >= 15 is 0 Å². The van der Waals surface area contributed by atoms with Gasteiger partial charge in [-0.2, -0.15) is 0 Å². The number of nitrogens with zero attached hydrogens (tertiary/aromatic N) is 3. The smallest absolute Gasteiger partial charge is 0.227 e. The first-order valence-electron chi connectivity index (χ1n) is 10.1. The molecule has 0 saturated carbocycles. The lowest BCUT2D eigenvalue weighted by atomic mass is 9.90. The van der Waals surface area contributed by atoms with E-state index in [-0.39, 0.29) is 17.7 Å². The van der Waals surface area contributed by atoms with Gasteiger partial charge in [0.2, 0.25) is 11.8 Å². The van der Waals surface area contributed by atoms with Gasteiger partial charge in [0.05, 0.1) is 5.69 Å². The van der Waals surface area contributed by atoms with E-state index in [1.165, 1.54) is 4.88 Å². The Morgan fingerprint density at radius 2 is 1.93 bits per heavy atom. The number of rotatable bonds is 4. The van der Waals surface area contributed by atoms with E-state index in [9.17, 15) is 9.59 Å². The molecule has 4 rings (SSSR count). The molecule has 2 aliphatic rings. The van der Waals surface area contributed by atoms with Gasteiger partial charge in [-0.05, 0) is 43.5 Å². The number of amides is 2. The summed E-state index contributed by atoms with van der Waals surface area (Å²) < 4.78 is 0. The van der Waals surface area contributed by atoms with Crippen molar-refractivity contribution in [2.24, 2.45) is 5.92 Å². The fourth-order valence-electron chi connectivity index (χ4n) is 3.87. The topological polar surface area (TPSA) is 65.5 Å². The van der Waals surface area contributed by atoms with Gasteiger partial charge in [-0.25, -0.2) is 4.98 Å². The first-order chi connectivity index (χ1) is 14.0. The van der Waals surface area contributed by atoms with Crippen molar-refractivity contribution >= 4 is 45.6 Å². The van der Waals surface area contributed by atoms with Crippen molar-refractivity contribution in [1.82, 2.24) is 9.88 Å². The zero-order chi connectivity index (χ0) is 20.4. The lowest BCUT2D eigenvalue weighted by Crippen LogP contribution is -2.48. The van der Waals surface area contributed by atoms with Gasteiger partial charge in [0, 0.05) is 54.1 Å². The highest BCUT2D eigenvalue weighted by molar-refractivity contribution is 7.15. The maximum atomic E-state index is 12.7. The minimum Gasteiger partial charge on any atom is -0.345 e. The molecule has 1 fully saturated rings. The van der Waals surface area contributed by atoms with E-state index in [0.29, 0.717) is 11.4 Å². The Balaban J connectivity index is 1.37. The zero-order valence-electron chi connectivity index (χ0n) is 16.5. The van der Waals surface area contributed by atoms with Crippen LogP contribution < -0.4 is 10.2 Å². The van der Waals surface area contributed by atoms with Crippen molar-refractivity contribution in [2.75, 3.05) is 36.4 Å². The molecule has 1 saturated heterocycles. The highest BCUT2D eigenvalue weighted by atomic mass is 35.5. The van der Waals surface area contributed by atoms with Gasteiger partial charge in [0.25, 0.3) is 0 Å². The Hall–Kier alpha value is -2.12. The SMILES string of the molecule is CCC(=O)N1CCN(c2nc3c(s2)C[C@@H](C(=O)Nc2ccc(Cl)cc2)CC3)CC1. The maximum absolute atomic E-state index is 12.7. The Labute approximate surface area is 179 Å². The first kappa shape index (κ1) is 20.2. The number of carbonyl (C=O) groups is 2. The van der Waals surface area contributed by atoms with E-state index in [0.717, 1.165) is 62.0 Å². The molecule has 0 bridgehead atoms. The third-order valence-electron chi connectivity index (χ3n) is 5.62. The number of halogens is 1. The lowest BCUT2D eigenvalue weighted by molar-refractivity contribution is -0.131. The summed E-state index contributed by atoms with van der Waals surface area (Å²) in [6.07, 6.45) is 2.94. The molecule has 6 nitrogen and oxygen atoms in total. The lowest BCUT2D eigenvalue weighted by Gasteiger charge is -2.34. The maximum Gasteiger partial charge on any atom is 0.227 e. The summed E-state index contributed by atoms with van der Waals surface area (Å²) in [5, 5.41) is 4.68. The van der Waals surface area contributed by atoms with Crippen LogP contribution in [-0.2, 0) is 22.4 Å². The van der Waals surface area contributed by atoms with Gasteiger partial charge in [0.1, 0.15) is 0 Å². The molecule has 0 unspecified atom stereocenters. The Morgan fingerprint density at radius 3 is 2.62 bits per heavy atom. The van der Waals surface area contributed by atoms with Gasteiger partial charge in [-0.15, -0.1) is 11.3 Å². The van der Waals surface area contributed by atoms with E-state index in [1.807, 2.05) is 24.0 Å². The average Bonchev–Trinajstić information content (AvgIpc) is 3.18. The molecule has 8 heteroatoms. The number of aryl methyl sites for hydroxylation is 1. The van der Waals surface area contributed by atoms with Crippen LogP contribution in [0.2, 0.25) is 5.02 Å². The molecular weight excluding hydrogens is 408 g/mol. The summed E-state index contributed by atoms with van der Waals surface area (Å²) >= 11 is 7.61. The zero-order valence-corrected chi connectivity index (χ0v) is 18.1. The predicted molar refractivity (Wildman–Crippen MR) is 117 cm³/mol. The summed E-state index contributed by atoms with van der Waals surface area (Å²) in [7, 11) is 0. The molecule has 1 atom stereocenters. The summed E-state index contributed by atoms with van der Waals surface area (Å²) in [6, 6.07) is 7.20. The second kappa shape index (κ2) is 8.71. The minimum atomic E-state index is -0.0366. The summed E-state index contributed by atoms with van der Waals surface area (Å²) in [5.74, 6) is 0.239. The number of carbonyl (C=O) groups excluding carboxylic acids is 2. The van der Waals surface area contributed by atoms with Crippen LogP contribution in [0, 0.1) is 5.92 Å². The number of thiazole rings is 1. The fourth-order valence-corrected chi connectivity index (χ4v) is 5.23. The number of hydrogen-bond acceptors (Lipinski definition) is 5. The second-order valence-corrected chi connectivity index (χ2v) is 9.02. The van der Waals surface area contributed by atoms with E-state index in [4.69, 9.17) is 16.6 Å².